The van der Waals surface area contributed by atoms with Crippen molar-refractivity contribution >= 4 is 23.2 Å². The van der Waals surface area contributed by atoms with Crippen LogP contribution in [0.2, 0.25) is 0 Å². The minimum Gasteiger partial charge on any atom is -0.506 e. The van der Waals surface area contributed by atoms with Crippen molar-refractivity contribution in [1.29, 1.82) is 0 Å². The number of aryl methyl sites for hydroxylation is 2. The first-order valence-electron chi connectivity index (χ1n) is 9.00. The quantitative estimate of drug-likeness (QED) is 0.582. The largest absolute Gasteiger partial charge is 0.506 e. The molecular weight excluding hydrogens is 370 g/mol. The van der Waals surface area contributed by atoms with Gasteiger partial charge in [-0.2, -0.15) is 0 Å². The van der Waals surface area contributed by atoms with Gasteiger partial charge in [-0.25, -0.2) is 0 Å². The highest BCUT2D eigenvalue weighted by Crippen LogP contribution is 2.24. The maximum absolute atomic E-state index is 12.3. The SMILES string of the molecule is Cc1ccc(NC(=O)c2ccc(NC(=O)Cn3cc(C)ccc3=O)cc2)c(O)c1. The third-order valence-electron chi connectivity index (χ3n) is 4.28. The molecule has 0 radical (unpaired) electrons. The molecule has 0 fully saturated rings. The predicted molar refractivity (Wildman–Crippen MR) is 111 cm³/mol. The lowest BCUT2D eigenvalue weighted by molar-refractivity contribution is -0.116. The molecule has 2 aromatic carbocycles. The Morgan fingerprint density at radius 2 is 1.62 bits per heavy atom. The van der Waals surface area contributed by atoms with Gasteiger partial charge in [0, 0.05) is 23.5 Å². The minimum absolute atomic E-state index is 0.00590. The van der Waals surface area contributed by atoms with Gasteiger partial charge in [0.05, 0.1) is 5.69 Å². The van der Waals surface area contributed by atoms with Crippen molar-refractivity contribution in [2.75, 3.05) is 10.6 Å². The number of benzene rings is 2. The van der Waals surface area contributed by atoms with Gasteiger partial charge in [-0.1, -0.05) is 12.1 Å². The lowest BCUT2D eigenvalue weighted by atomic mass is 10.1. The third kappa shape index (κ3) is 5.10. The first-order valence-corrected chi connectivity index (χ1v) is 9.00. The van der Waals surface area contributed by atoms with Crippen molar-refractivity contribution in [3.63, 3.8) is 0 Å². The van der Waals surface area contributed by atoms with E-state index < -0.39 is 0 Å². The van der Waals surface area contributed by atoms with Crippen LogP contribution in [-0.4, -0.2) is 21.5 Å². The number of hydrogen-bond acceptors (Lipinski definition) is 4. The van der Waals surface area contributed by atoms with Crippen LogP contribution >= 0.6 is 0 Å². The average molecular weight is 391 g/mol. The number of carbonyl (C=O) groups excluding carboxylic acids is 2. The van der Waals surface area contributed by atoms with Crippen molar-refractivity contribution in [3.8, 4) is 5.75 Å². The fraction of sp³-hybridized carbons (Fsp3) is 0.136. The smallest absolute Gasteiger partial charge is 0.255 e. The molecule has 3 aromatic rings. The fourth-order valence-electron chi connectivity index (χ4n) is 2.78. The summed E-state index contributed by atoms with van der Waals surface area (Å²) in [4.78, 5) is 36.3. The summed E-state index contributed by atoms with van der Waals surface area (Å²) in [5.74, 6) is -0.735. The van der Waals surface area contributed by atoms with E-state index in [-0.39, 0.29) is 29.7 Å². The van der Waals surface area contributed by atoms with Crippen LogP contribution in [0.25, 0.3) is 0 Å². The Hall–Kier alpha value is -3.87. The van der Waals surface area contributed by atoms with Crippen molar-refractivity contribution in [1.82, 2.24) is 4.57 Å². The van der Waals surface area contributed by atoms with Crippen molar-refractivity contribution in [2.24, 2.45) is 0 Å². The number of anilines is 2. The molecule has 7 heteroatoms. The molecule has 29 heavy (non-hydrogen) atoms. The van der Waals surface area contributed by atoms with Crippen LogP contribution < -0.4 is 16.2 Å². The van der Waals surface area contributed by atoms with Crippen LogP contribution in [0.1, 0.15) is 21.5 Å². The monoisotopic (exact) mass is 391 g/mol. The van der Waals surface area contributed by atoms with Gasteiger partial charge >= 0.3 is 0 Å². The molecule has 2 amide bonds. The zero-order valence-electron chi connectivity index (χ0n) is 16.1. The van der Waals surface area contributed by atoms with E-state index in [1.165, 1.54) is 10.6 Å². The van der Waals surface area contributed by atoms with Crippen LogP contribution in [0.4, 0.5) is 11.4 Å². The number of aromatic nitrogens is 1. The number of carbonyl (C=O) groups is 2. The molecular formula is C22H21N3O4. The average Bonchev–Trinajstić information content (AvgIpc) is 2.67. The van der Waals surface area contributed by atoms with Crippen LogP contribution in [0.3, 0.4) is 0 Å². The molecule has 0 saturated carbocycles. The number of nitrogens with zero attached hydrogens (tertiary/aromatic N) is 1. The van der Waals surface area contributed by atoms with Crippen LogP contribution in [-0.2, 0) is 11.3 Å². The zero-order chi connectivity index (χ0) is 21.0. The van der Waals surface area contributed by atoms with Gasteiger partial charge in [0.15, 0.2) is 0 Å². The molecule has 0 bridgehead atoms. The Kier molecular flexibility index (Phi) is 5.78. The van der Waals surface area contributed by atoms with Gasteiger partial charge in [-0.15, -0.1) is 0 Å². The number of hydrogen-bond donors (Lipinski definition) is 3. The van der Waals surface area contributed by atoms with Crippen molar-refractivity contribution in [3.05, 3.63) is 87.8 Å². The van der Waals surface area contributed by atoms with E-state index in [9.17, 15) is 19.5 Å². The Balaban J connectivity index is 1.63. The summed E-state index contributed by atoms with van der Waals surface area (Å²) in [5, 5.41) is 15.2. The number of amides is 2. The van der Waals surface area contributed by atoms with Crippen molar-refractivity contribution in [2.45, 2.75) is 20.4 Å². The Morgan fingerprint density at radius 3 is 2.31 bits per heavy atom. The molecule has 7 nitrogen and oxygen atoms in total. The summed E-state index contributed by atoms with van der Waals surface area (Å²) in [7, 11) is 0. The predicted octanol–water partition coefficient (Wildman–Crippen LogP) is 3.06. The number of aromatic hydroxyl groups is 1. The molecule has 0 aliphatic heterocycles. The van der Waals surface area contributed by atoms with Crippen molar-refractivity contribution < 1.29 is 14.7 Å². The molecule has 0 saturated heterocycles. The maximum Gasteiger partial charge on any atom is 0.255 e. The van der Waals surface area contributed by atoms with E-state index in [0.717, 1.165) is 11.1 Å². The lowest BCUT2D eigenvalue weighted by Crippen LogP contribution is -2.26. The van der Waals surface area contributed by atoms with E-state index in [1.807, 2.05) is 13.8 Å². The summed E-state index contributed by atoms with van der Waals surface area (Å²) >= 11 is 0. The van der Waals surface area contributed by atoms with Gasteiger partial charge < -0.3 is 20.3 Å². The van der Waals surface area contributed by atoms with Gasteiger partial charge in [-0.05, 0) is 61.4 Å². The second-order valence-corrected chi connectivity index (χ2v) is 6.77. The normalized spacial score (nSPS) is 10.4. The van der Waals surface area contributed by atoms with Gasteiger partial charge in [0.2, 0.25) is 5.91 Å². The molecule has 0 atom stereocenters. The molecule has 3 rings (SSSR count). The first-order chi connectivity index (χ1) is 13.8. The Morgan fingerprint density at radius 1 is 0.931 bits per heavy atom. The summed E-state index contributed by atoms with van der Waals surface area (Å²) in [6.45, 7) is 3.58. The van der Waals surface area contributed by atoms with Gasteiger partial charge in [0.25, 0.3) is 11.5 Å². The Bertz CT molecular complexity index is 1120. The van der Waals surface area contributed by atoms with E-state index in [1.54, 1.807) is 54.7 Å². The second kappa shape index (κ2) is 8.43. The zero-order valence-corrected chi connectivity index (χ0v) is 16.1. The topological polar surface area (TPSA) is 100 Å². The third-order valence-corrected chi connectivity index (χ3v) is 4.28. The summed E-state index contributed by atoms with van der Waals surface area (Å²) in [6.07, 6.45) is 1.62. The number of phenols is 1. The number of rotatable bonds is 5. The van der Waals surface area contributed by atoms with E-state index in [4.69, 9.17) is 0 Å². The fourth-order valence-corrected chi connectivity index (χ4v) is 2.78. The number of phenolic OH excluding ortho intramolecular Hbond substituents is 1. The van der Waals surface area contributed by atoms with E-state index in [0.29, 0.717) is 16.9 Å². The van der Waals surface area contributed by atoms with Crippen LogP contribution in [0.5, 0.6) is 5.75 Å². The molecule has 0 aliphatic rings. The van der Waals surface area contributed by atoms with E-state index >= 15 is 0 Å². The lowest BCUT2D eigenvalue weighted by Gasteiger charge is -2.10. The summed E-state index contributed by atoms with van der Waals surface area (Å²) in [5.41, 5.74) is 2.71. The molecule has 0 unspecified atom stereocenters. The molecule has 148 valence electrons. The summed E-state index contributed by atoms with van der Waals surface area (Å²) < 4.78 is 1.33. The van der Waals surface area contributed by atoms with Gasteiger partial charge in [0.1, 0.15) is 12.3 Å². The number of nitrogens with one attached hydrogen (secondary N) is 2. The maximum atomic E-state index is 12.3. The first kappa shape index (κ1) is 19.9. The second-order valence-electron chi connectivity index (χ2n) is 6.77. The molecule has 1 heterocycles. The minimum atomic E-state index is -0.381. The molecule has 1 aromatic heterocycles. The highest BCUT2D eigenvalue weighted by molar-refractivity contribution is 6.05. The molecule has 3 N–H and O–H groups in total. The highest BCUT2D eigenvalue weighted by atomic mass is 16.3. The van der Waals surface area contributed by atoms with Crippen LogP contribution in [0, 0.1) is 13.8 Å². The standard InChI is InChI=1S/C22H21N3O4/c1-14-3-9-18(19(26)11-14)24-22(29)16-5-7-17(8-6-16)23-20(27)13-25-12-15(2)4-10-21(25)28/h3-12,26H,13H2,1-2H3,(H,23,27)(H,24,29). The van der Waals surface area contributed by atoms with Gasteiger partial charge in [-0.3, -0.25) is 14.4 Å². The van der Waals surface area contributed by atoms with E-state index in [2.05, 4.69) is 10.6 Å². The molecule has 0 spiro atoms. The summed E-state index contributed by atoms with van der Waals surface area (Å²) in [6, 6.07) is 14.4. The highest BCUT2D eigenvalue weighted by Gasteiger charge is 2.10. The number of pyridine rings is 1. The Labute approximate surface area is 167 Å². The van der Waals surface area contributed by atoms with Crippen LogP contribution in [0.15, 0.2) is 65.6 Å². The molecule has 0 aliphatic carbocycles.